The number of nitrogens with zero attached hydrogens (tertiary/aromatic N) is 2. The normalized spacial score (nSPS) is 10.6. The molecule has 0 aliphatic rings. The Bertz CT molecular complexity index is 1170. The minimum atomic E-state index is -0.209. The summed E-state index contributed by atoms with van der Waals surface area (Å²) in [5, 5.41) is 7.80. The second kappa shape index (κ2) is 8.66. The zero-order valence-corrected chi connectivity index (χ0v) is 17.0. The average Bonchev–Trinajstić information content (AvgIpc) is 3.25. The summed E-state index contributed by atoms with van der Waals surface area (Å²) in [4.78, 5) is 13.3. The fourth-order valence-electron chi connectivity index (χ4n) is 3.43. The number of aryl methyl sites for hydroxylation is 1. The lowest BCUT2D eigenvalue weighted by Crippen LogP contribution is -2.13. The van der Waals surface area contributed by atoms with Gasteiger partial charge in [-0.3, -0.25) is 4.79 Å². The van der Waals surface area contributed by atoms with Gasteiger partial charge in [-0.15, -0.1) is 0 Å². The van der Waals surface area contributed by atoms with E-state index in [0.29, 0.717) is 17.0 Å². The molecule has 3 aromatic carbocycles. The Labute approximate surface area is 175 Å². The van der Waals surface area contributed by atoms with E-state index in [1.54, 1.807) is 18.0 Å². The topological polar surface area (TPSA) is 56.2 Å². The maximum absolute atomic E-state index is 13.3. The third-order valence-corrected chi connectivity index (χ3v) is 4.99. The molecule has 5 nitrogen and oxygen atoms in total. The predicted molar refractivity (Wildman–Crippen MR) is 119 cm³/mol. The highest BCUT2D eigenvalue weighted by Gasteiger charge is 2.21. The van der Waals surface area contributed by atoms with Crippen molar-refractivity contribution in [3.05, 3.63) is 96.2 Å². The number of aromatic nitrogens is 2. The third-order valence-electron chi connectivity index (χ3n) is 4.99. The molecule has 0 fully saturated rings. The van der Waals surface area contributed by atoms with Gasteiger partial charge in [0.05, 0.1) is 18.4 Å². The van der Waals surface area contributed by atoms with Gasteiger partial charge in [0.25, 0.3) is 5.91 Å². The first-order valence-electron chi connectivity index (χ1n) is 9.89. The molecule has 1 N–H and O–H groups in total. The van der Waals surface area contributed by atoms with Gasteiger partial charge in [0, 0.05) is 17.4 Å². The summed E-state index contributed by atoms with van der Waals surface area (Å²) in [6, 6.07) is 25.1. The molecule has 0 aliphatic heterocycles. The SMILES string of the molecule is CCc1ccccc1NC(=O)c1cn(-c2ccccc2)nc1-c1ccccc1OC. The van der Waals surface area contributed by atoms with Gasteiger partial charge < -0.3 is 10.1 Å². The first-order valence-corrected chi connectivity index (χ1v) is 9.89. The quantitative estimate of drug-likeness (QED) is 0.476. The van der Waals surface area contributed by atoms with Crippen LogP contribution in [0.3, 0.4) is 0 Å². The van der Waals surface area contributed by atoms with Gasteiger partial charge in [0.15, 0.2) is 0 Å². The fourth-order valence-corrected chi connectivity index (χ4v) is 3.43. The Kier molecular flexibility index (Phi) is 5.61. The number of benzene rings is 3. The van der Waals surface area contributed by atoms with Crippen molar-refractivity contribution in [2.24, 2.45) is 0 Å². The molecule has 1 heterocycles. The molecule has 150 valence electrons. The number of amides is 1. The van der Waals surface area contributed by atoms with E-state index in [4.69, 9.17) is 9.84 Å². The summed E-state index contributed by atoms with van der Waals surface area (Å²) in [5.74, 6) is 0.456. The highest BCUT2D eigenvalue weighted by molar-refractivity contribution is 6.08. The zero-order chi connectivity index (χ0) is 20.9. The molecule has 0 spiro atoms. The highest BCUT2D eigenvalue weighted by Crippen LogP contribution is 2.32. The van der Waals surface area contributed by atoms with Crippen LogP contribution in [0, 0.1) is 0 Å². The standard InChI is InChI=1S/C25H23N3O2/c1-3-18-11-7-9-15-22(18)26-25(29)21-17-28(19-12-5-4-6-13-19)27-24(21)20-14-8-10-16-23(20)30-2/h4-17H,3H2,1-2H3,(H,26,29). The van der Waals surface area contributed by atoms with Crippen LogP contribution in [0.1, 0.15) is 22.8 Å². The van der Waals surface area contributed by atoms with Crippen molar-refractivity contribution in [2.45, 2.75) is 13.3 Å². The van der Waals surface area contributed by atoms with E-state index in [1.807, 2.05) is 78.9 Å². The first-order chi connectivity index (χ1) is 14.7. The van der Waals surface area contributed by atoms with Gasteiger partial charge >= 0.3 is 0 Å². The Morgan fingerprint density at radius 3 is 2.43 bits per heavy atom. The summed E-state index contributed by atoms with van der Waals surface area (Å²) in [6.07, 6.45) is 2.60. The number of hydrogen-bond acceptors (Lipinski definition) is 3. The summed E-state index contributed by atoms with van der Waals surface area (Å²) in [5.41, 5.74) is 4.59. The number of anilines is 1. The van der Waals surface area contributed by atoms with Gasteiger partial charge in [-0.05, 0) is 42.3 Å². The second-order valence-corrected chi connectivity index (χ2v) is 6.84. The highest BCUT2D eigenvalue weighted by atomic mass is 16.5. The fraction of sp³-hybridized carbons (Fsp3) is 0.120. The summed E-state index contributed by atoms with van der Waals surface area (Å²) < 4.78 is 7.25. The predicted octanol–water partition coefficient (Wildman–Crippen LogP) is 5.36. The molecule has 0 radical (unpaired) electrons. The molecule has 0 aliphatic carbocycles. The number of methoxy groups -OCH3 is 1. The largest absolute Gasteiger partial charge is 0.496 e. The molecule has 1 aromatic heterocycles. The number of rotatable bonds is 6. The van der Waals surface area contributed by atoms with E-state index < -0.39 is 0 Å². The van der Waals surface area contributed by atoms with Crippen molar-refractivity contribution >= 4 is 11.6 Å². The van der Waals surface area contributed by atoms with Crippen LogP contribution in [-0.2, 0) is 6.42 Å². The number of nitrogens with one attached hydrogen (secondary N) is 1. The average molecular weight is 397 g/mol. The van der Waals surface area contributed by atoms with E-state index in [-0.39, 0.29) is 5.91 Å². The summed E-state index contributed by atoms with van der Waals surface area (Å²) in [7, 11) is 1.62. The summed E-state index contributed by atoms with van der Waals surface area (Å²) in [6.45, 7) is 2.07. The third kappa shape index (κ3) is 3.82. The van der Waals surface area contributed by atoms with Crippen LogP contribution < -0.4 is 10.1 Å². The lowest BCUT2D eigenvalue weighted by molar-refractivity contribution is 0.102. The van der Waals surface area contributed by atoms with Crippen LogP contribution in [0.4, 0.5) is 5.69 Å². The Morgan fingerprint density at radius 1 is 0.967 bits per heavy atom. The number of ether oxygens (including phenoxy) is 1. The molecule has 0 unspecified atom stereocenters. The lowest BCUT2D eigenvalue weighted by atomic mass is 10.1. The van der Waals surface area contributed by atoms with Gasteiger partial charge in [0.2, 0.25) is 0 Å². The monoisotopic (exact) mass is 397 g/mol. The Morgan fingerprint density at radius 2 is 1.67 bits per heavy atom. The molecule has 30 heavy (non-hydrogen) atoms. The number of hydrogen-bond donors (Lipinski definition) is 1. The van der Waals surface area contributed by atoms with Crippen LogP contribution in [0.15, 0.2) is 85.1 Å². The Balaban J connectivity index is 1.81. The van der Waals surface area contributed by atoms with Crippen LogP contribution in [0.25, 0.3) is 16.9 Å². The molecule has 4 rings (SSSR count). The van der Waals surface area contributed by atoms with E-state index >= 15 is 0 Å². The van der Waals surface area contributed by atoms with Crippen molar-refractivity contribution in [3.63, 3.8) is 0 Å². The van der Waals surface area contributed by atoms with Gasteiger partial charge in [-0.1, -0.05) is 55.5 Å². The Hall–Kier alpha value is -3.86. The van der Waals surface area contributed by atoms with Crippen LogP contribution in [0.5, 0.6) is 5.75 Å². The number of para-hydroxylation sites is 3. The smallest absolute Gasteiger partial charge is 0.259 e. The molecule has 4 aromatic rings. The van der Waals surface area contributed by atoms with Crippen molar-refractivity contribution in [1.82, 2.24) is 9.78 Å². The molecule has 0 saturated carbocycles. The number of carbonyl (C=O) groups excluding carboxylic acids is 1. The molecule has 0 atom stereocenters. The van der Waals surface area contributed by atoms with Gasteiger partial charge in [-0.25, -0.2) is 4.68 Å². The minimum Gasteiger partial charge on any atom is -0.496 e. The van der Waals surface area contributed by atoms with Gasteiger partial charge in [0.1, 0.15) is 11.4 Å². The molecular formula is C25H23N3O2. The number of carbonyl (C=O) groups is 1. The van der Waals surface area contributed by atoms with Crippen LogP contribution in [-0.4, -0.2) is 22.8 Å². The maximum Gasteiger partial charge on any atom is 0.259 e. The van der Waals surface area contributed by atoms with Crippen molar-refractivity contribution in [1.29, 1.82) is 0 Å². The molecular weight excluding hydrogens is 374 g/mol. The second-order valence-electron chi connectivity index (χ2n) is 6.84. The van der Waals surface area contributed by atoms with E-state index in [2.05, 4.69) is 12.2 Å². The maximum atomic E-state index is 13.3. The zero-order valence-electron chi connectivity index (χ0n) is 17.0. The molecule has 1 amide bonds. The molecule has 0 bridgehead atoms. The van der Waals surface area contributed by atoms with E-state index in [0.717, 1.165) is 28.9 Å². The van der Waals surface area contributed by atoms with E-state index in [1.165, 1.54) is 0 Å². The summed E-state index contributed by atoms with van der Waals surface area (Å²) >= 11 is 0. The van der Waals surface area contributed by atoms with Crippen molar-refractivity contribution in [3.8, 4) is 22.7 Å². The minimum absolute atomic E-state index is 0.209. The lowest BCUT2D eigenvalue weighted by Gasteiger charge is -2.10. The van der Waals surface area contributed by atoms with Gasteiger partial charge in [-0.2, -0.15) is 5.10 Å². The molecule has 5 heteroatoms. The van der Waals surface area contributed by atoms with Crippen molar-refractivity contribution in [2.75, 3.05) is 12.4 Å². The van der Waals surface area contributed by atoms with Crippen LogP contribution >= 0.6 is 0 Å². The van der Waals surface area contributed by atoms with Crippen LogP contribution in [0.2, 0.25) is 0 Å². The molecule has 0 saturated heterocycles. The first kappa shape index (κ1) is 19.5. The van der Waals surface area contributed by atoms with E-state index in [9.17, 15) is 4.79 Å². The van der Waals surface area contributed by atoms with Crippen molar-refractivity contribution < 1.29 is 9.53 Å².